The molecule has 0 saturated carbocycles. The zero-order chi connectivity index (χ0) is 8.15. The van der Waals surface area contributed by atoms with E-state index in [2.05, 4.69) is 4.65 Å². The van der Waals surface area contributed by atoms with Gasteiger partial charge < -0.3 is 14.6 Å². The van der Waals surface area contributed by atoms with Crippen molar-refractivity contribution in [3.63, 3.8) is 0 Å². The molecular formula is C4H5BFNaO4. The first-order valence-electron chi connectivity index (χ1n) is 2.55. The summed E-state index contributed by atoms with van der Waals surface area (Å²) in [5.74, 6) is -2.71. The number of hydrogen-bond donors (Lipinski definition) is 0. The molecule has 4 nitrogen and oxygen atoms in total. The maximum Gasteiger partial charge on any atom is 1.00 e. The Bertz CT molecular complexity index is 151. The van der Waals surface area contributed by atoms with Crippen LogP contribution in [0.3, 0.4) is 0 Å². The fourth-order valence-corrected chi connectivity index (χ4v) is 0.341. The van der Waals surface area contributed by atoms with E-state index in [1.807, 2.05) is 0 Å². The van der Waals surface area contributed by atoms with Crippen molar-refractivity contribution in [2.75, 3.05) is 0 Å². The molecule has 0 aliphatic carbocycles. The van der Waals surface area contributed by atoms with Crippen molar-refractivity contribution in [3.05, 3.63) is 0 Å². The minimum Gasteiger partial charge on any atom is -0.550 e. The molecule has 0 atom stereocenters. The topological polar surface area (TPSA) is 66.4 Å². The summed E-state index contributed by atoms with van der Waals surface area (Å²) in [4.78, 5) is 19.8. The van der Waals surface area contributed by atoms with Crippen LogP contribution in [-0.4, -0.2) is 19.1 Å². The Morgan fingerprint density at radius 3 is 2.36 bits per heavy atom. The van der Waals surface area contributed by atoms with Gasteiger partial charge >= 0.3 is 36.7 Å². The summed E-state index contributed by atoms with van der Waals surface area (Å²) in [6.07, 6.45) is -0.908. The second-order valence-electron chi connectivity index (χ2n) is 1.58. The molecule has 0 unspecified atom stereocenters. The van der Waals surface area contributed by atoms with Gasteiger partial charge in [0.25, 0.3) is 5.97 Å². The van der Waals surface area contributed by atoms with Crippen LogP contribution in [0.25, 0.3) is 0 Å². The number of halogens is 1. The van der Waals surface area contributed by atoms with Gasteiger partial charge in [0.15, 0.2) is 0 Å². The maximum atomic E-state index is 11.7. The van der Waals surface area contributed by atoms with E-state index >= 15 is 0 Å². The molecule has 0 amide bonds. The van der Waals surface area contributed by atoms with E-state index in [1.54, 1.807) is 0 Å². The van der Waals surface area contributed by atoms with Crippen LogP contribution in [-0.2, 0) is 14.2 Å². The van der Waals surface area contributed by atoms with Gasteiger partial charge in [-0.1, -0.05) is 0 Å². The Balaban J connectivity index is 0. The number of carbonyl (C=O) groups is 2. The van der Waals surface area contributed by atoms with E-state index < -0.39 is 25.6 Å². The van der Waals surface area contributed by atoms with Gasteiger partial charge in [0.05, 0.1) is 12.4 Å². The number of hydrogen-bond acceptors (Lipinski definition) is 4. The average molecular weight is 170 g/mol. The van der Waals surface area contributed by atoms with Crippen LogP contribution in [0.5, 0.6) is 0 Å². The van der Waals surface area contributed by atoms with Crippen molar-refractivity contribution in [2.24, 2.45) is 0 Å². The van der Waals surface area contributed by atoms with Gasteiger partial charge in [0.1, 0.15) is 0 Å². The number of aliphatic carboxylic acids is 1. The first-order valence-corrected chi connectivity index (χ1v) is 2.55. The van der Waals surface area contributed by atoms with E-state index in [0.29, 0.717) is 0 Å². The molecule has 0 heterocycles. The molecule has 7 heteroatoms. The van der Waals surface area contributed by atoms with Crippen LogP contribution in [0.15, 0.2) is 0 Å². The van der Waals surface area contributed by atoms with Gasteiger partial charge in [0, 0.05) is 0 Å². The van der Waals surface area contributed by atoms with Gasteiger partial charge in [-0.2, -0.15) is 0 Å². The summed E-state index contributed by atoms with van der Waals surface area (Å²) >= 11 is 0. The Hall–Kier alpha value is -0.0651. The molecule has 0 fully saturated rings. The normalized spacial score (nSPS) is 7.82. The molecule has 0 rings (SSSR count). The smallest absolute Gasteiger partial charge is 0.550 e. The van der Waals surface area contributed by atoms with Gasteiger partial charge in [-0.3, -0.25) is 9.11 Å². The molecule has 0 spiro atoms. The first-order chi connectivity index (χ1) is 4.52. The summed E-state index contributed by atoms with van der Waals surface area (Å²) in [7, 11) is -1.77. The summed E-state index contributed by atoms with van der Waals surface area (Å²) in [5, 5.41) is 9.66. The van der Waals surface area contributed by atoms with Gasteiger partial charge in [-0.05, 0) is 6.82 Å². The largest absolute Gasteiger partial charge is 1.00 e. The van der Waals surface area contributed by atoms with Crippen molar-refractivity contribution in [2.45, 2.75) is 13.2 Å². The Labute approximate surface area is 85.6 Å². The van der Waals surface area contributed by atoms with Crippen molar-refractivity contribution < 1.29 is 53.2 Å². The predicted molar refractivity (Wildman–Crippen MR) is 28.4 cm³/mol. The minimum atomic E-state index is -1.77. The summed E-state index contributed by atoms with van der Waals surface area (Å²) in [5.41, 5.74) is 0. The molecule has 0 saturated heterocycles. The molecule has 0 aromatic rings. The number of carboxylic acids is 1. The van der Waals surface area contributed by atoms with Crippen molar-refractivity contribution in [3.8, 4) is 0 Å². The summed E-state index contributed by atoms with van der Waals surface area (Å²) < 4.78 is 15.6. The molecule has 0 aromatic heterocycles. The molecule has 56 valence electrons. The number of carbonyl (C=O) groups excluding carboxylic acids is 2. The second kappa shape index (κ2) is 6.63. The predicted octanol–water partition coefficient (Wildman–Crippen LogP) is -4.24. The fourth-order valence-electron chi connectivity index (χ4n) is 0.341. The monoisotopic (exact) mass is 170 g/mol. The third-order valence-corrected chi connectivity index (χ3v) is 0.583. The zero-order valence-corrected chi connectivity index (χ0v) is 8.30. The summed E-state index contributed by atoms with van der Waals surface area (Å²) in [6.45, 7) is 0.979. The Kier molecular flexibility index (Phi) is 8.15. The Morgan fingerprint density at radius 1 is 1.64 bits per heavy atom. The molecule has 0 radical (unpaired) electrons. The summed E-state index contributed by atoms with van der Waals surface area (Å²) in [6, 6.07) is 0. The number of carboxylic acid groups (broad SMARTS) is 1. The van der Waals surface area contributed by atoms with Crippen molar-refractivity contribution in [1.29, 1.82) is 0 Å². The second-order valence-corrected chi connectivity index (χ2v) is 1.58. The maximum absolute atomic E-state index is 11.7. The Morgan fingerprint density at radius 2 is 2.09 bits per heavy atom. The third-order valence-electron chi connectivity index (χ3n) is 0.583. The van der Waals surface area contributed by atoms with E-state index in [0.717, 1.165) is 6.82 Å². The molecule has 0 aromatic carbocycles. The van der Waals surface area contributed by atoms with Crippen molar-refractivity contribution in [1.82, 2.24) is 0 Å². The quantitative estimate of drug-likeness (QED) is 0.318. The molecule has 0 aliphatic heterocycles. The van der Waals surface area contributed by atoms with Gasteiger partial charge in [-0.15, -0.1) is 0 Å². The molecule has 0 N–H and O–H groups in total. The standard InChI is InChI=1S/C4H6BFO4.Na/c1-5(6)10-4(9)2-3(7)8;/h2H2,1H3,(H,7,8);/q;+1/p-1. The van der Waals surface area contributed by atoms with Gasteiger partial charge in [-0.25, -0.2) is 0 Å². The van der Waals surface area contributed by atoms with E-state index in [1.165, 1.54) is 0 Å². The molecule has 11 heavy (non-hydrogen) atoms. The van der Waals surface area contributed by atoms with Crippen LogP contribution < -0.4 is 34.7 Å². The average Bonchev–Trinajstić information content (AvgIpc) is 1.58. The van der Waals surface area contributed by atoms with Crippen LogP contribution in [0.1, 0.15) is 6.42 Å². The zero-order valence-electron chi connectivity index (χ0n) is 6.30. The molecule has 0 aliphatic rings. The van der Waals surface area contributed by atoms with Crippen LogP contribution in [0, 0.1) is 0 Å². The SMILES string of the molecule is CB(F)OC(=O)CC(=O)[O-].[Na+]. The van der Waals surface area contributed by atoms with Gasteiger partial charge in [0.2, 0.25) is 0 Å². The third kappa shape index (κ3) is 9.93. The van der Waals surface area contributed by atoms with Crippen molar-refractivity contribution >= 4 is 19.1 Å². The van der Waals surface area contributed by atoms with E-state index in [9.17, 15) is 19.0 Å². The number of rotatable bonds is 3. The molecule has 0 bridgehead atoms. The fraction of sp³-hybridized carbons (Fsp3) is 0.500. The van der Waals surface area contributed by atoms with E-state index in [4.69, 9.17) is 0 Å². The van der Waals surface area contributed by atoms with E-state index in [-0.39, 0.29) is 29.6 Å². The van der Waals surface area contributed by atoms with Crippen LogP contribution in [0.4, 0.5) is 4.32 Å². The van der Waals surface area contributed by atoms with Crippen LogP contribution >= 0.6 is 0 Å². The minimum absolute atomic E-state index is 0. The molecular weight excluding hydrogens is 165 g/mol. The van der Waals surface area contributed by atoms with Crippen LogP contribution in [0.2, 0.25) is 6.82 Å². The first kappa shape index (κ1) is 13.5.